The minimum absolute atomic E-state index is 0.0749. The molecule has 27 heavy (non-hydrogen) atoms. The topological polar surface area (TPSA) is 98.9 Å². The van der Waals surface area contributed by atoms with Crippen molar-refractivity contribution in [1.29, 1.82) is 0 Å². The summed E-state index contributed by atoms with van der Waals surface area (Å²) in [5.74, 6) is 0.258. The highest BCUT2D eigenvalue weighted by Gasteiger charge is 2.23. The number of nitrogens with zero attached hydrogens (tertiary/aromatic N) is 1. The first-order valence-corrected chi connectivity index (χ1v) is 10.1. The maximum absolute atomic E-state index is 13.0. The Labute approximate surface area is 161 Å². The summed E-state index contributed by atoms with van der Waals surface area (Å²) < 4.78 is 38.4. The molecule has 0 aliphatic carbocycles. The molecule has 1 heterocycles. The van der Waals surface area contributed by atoms with E-state index in [9.17, 15) is 13.2 Å². The lowest BCUT2D eigenvalue weighted by molar-refractivity contribution is 0.100. The molecule has 7 nitrogen and oxygen atoms in total. The second-order valence-corrected chi connectivity index (χ2v) is 8.74. The van der Waals surface area contributed by atoms with Gasteiger partial charge in [-0.05, 0) is 41.8 Å². The van der Waals surface area contributed by atoms with Gasteiger partial charge in [-0.15, -0.1) is 11.3 Å². The number of ether oxygens (including phenoxy) is 2. The molecular formula is C18H18N2O5S2. The van der Waals surface area contributed by atoms with E-state index in [1.54, 1.807) is 30.3 Å². The third kappa shape index (κ3) is 3.43. The molecule has 0 aliphatic rings. The number of primary amides is 1. The summed E-state index contributed by atoms with van der Waals surface area (Å²) in [5, 5.41) is 0.751. The average molecular weight is 406 g/mol. The van der Waals surface area contributed by atoms with Crippen LogP contribution in [0.5, 0.6) is 11.5 Å². The molecule has 3 aromatic rings. The molecule has 2 aromatic carbocycles. The maximum atomic E-state index is 13.0. The van der Waals surface area contributed by atoms with E-state index < -0.39 is 15.9 Å². The number of amides is 1. The van der Waals surface area contributed by atoms with Gasteiger partial charge in [0, 0.05) is 17.8 Å². The smallest absolute Gasteiger partial charge is 0.264 e. The Morgan fingerprint density at radius 2 is 1.74 bits per heavy atom. The fourth-order valence-electron chi connectivity index (χ4n) is 2.62. The van der Waals surface area contributed by atoms with Crippen LogP contribution in [0.15, 0.2) is 47.4 Å². The van der Waals surface area contributed by atoms with Crippen molar-refractivity contribution in [2.45, 2.75) is 4.90 Å². The van der Waals surface area contributed by atoms with Crippen molar-refractivity contribution in [2.24, 2.45) is 5.73 Å². The molecule has 0 saturated heterocycles. The van der Waals surface area contributed by atoms with Crippen molar-refractivity contribution in [3.63, 3.8) is 0 Å². The van der Waals surface area contributed by atoms with Crippen molar-refractivity contribution in [2.75, 3.05) is 25.6 Å². The van der Waals surface area contributed by atoms with E-state index in [2.05, 4.69) is 0 Å². The van der Waals surface area contributed by atoms with E-state index in [4.69, 9.17) is 15.2 Å². The number of thiophene rings is 1. The molecule has 0 saturated carbocycles. The fraction of sp³-hybridized carbons (Fsp3) is 0.167. The number of fused-ring (bicyclic) bond motifs is 1. The Morgan fingerprint density at radius 3 is 2.37 bits per heavy atom. The van der Waals surface area contributed by atoms with Gasteiger partial charge >= 0.3 is 0 Å². The number of carbonyl (C=O) groups excluding carboxylic acids is 1. The zero-order chi connectivity index (χ0) is 19.8. The zero-order valence-corrected chi connectivity index (χ0v) is 16.6. The van der Waals surface area contributed by atoms with Gasteiger partial charge in [0.2, 0.25) is 0 Å². The molecule has 9 heteroatoms. The molecule has 2 N–H and O–H groups in total. The molecule has 0 spiro atoms. The van der Waals surface area contributed by atoms with Gasteiger partial charge in [-0.2, -0.15) is 0 Å². The number of hydrogen-bond donors (Lipinski definition) is 1. The first kappa shape index (κ1) is 19.0. The number of methoxy groups -OCH3 is 2. The molecule has 142 valence electrons. The molecule has 0 atom stereocenters. The number of hydrogen-bond acceptors (Lipinski definition) is 6. The lowest BCUT2D eigenvalue weighted by Gasteiger charge is -2.20. The Balaban J connectivity index is 2.02. The van der Waals surface area contributed by atoms with E-state index in [-0.39, 0.29) is 4.90 Å². The van der Waals surface area contributed by atoms with Crippen molar-refractivity contribution >= 4 is 43.0 Å². The van der Waals surface area contributed by atoms with Crippen LogP contribution in [0.25, 0.3) is 10.1 Å². The lowest BCUT2D eigenvalue weighted by atomic mass is 10.2. The third-order valence-corrected chi connectivity index (χ3v) is 7.03. The monoisotopic (exact) mass is 406 g/mol. The second-order valence-electron chi connectivity index (χ2n) is 5.69. The van der Waals surface area contributed by atoms with Crippen molar-refractivity contribution in [3.05, 3.63) is 47.3 Å². The highest BCUT2D eigenvalue weighted by molar-refractivity contribution is 7.92. The lowest BCUT2D eigenvalue weighted by Crippen LogP contribution is -2.26. The summed E-state index contributed by atoms with van der Waals surface area (Å²) in [6.45, 7) is 0. The largest absolute Gasteiger partial charge is 0.493 e. The van der Waals surface area contributed by atoms with Crippen molar-refractivity contribution < 1.29 is 22.7 Å². The van der Waals surface area contributed by atoms with Gasteiger partial charge in [-0.25, -0.2) is 8.42 Å². The van der Waals surface area contributed by atoms with Gasteiger partial charge in [0.1, 0.15) is 0 Å². The first-order chi connectivity index (χ1) is 12.8. The second kappa shape index (κ2) is 7.09. The average Bonchev–Trinajstić information content (AvgIpc) is 3.10. The normalized spacial score (nSPS) is 11.4. The molecule has 0 radical (unpaired) electrons. The van der Waals surface area contributed by atoms with E-state index in [1.165, 1.54) is 49.0 Å². The Kier molecular flexibility index (Phi) is 4.99. The van der Waals surface area contributed by atoms with Gasteiger partial charge in [0.25, 0.3) is 15.9 Å². The SMILES string of the molecule is COc1ccc(S(=O)(=O)N(C)c2ccc3sc(C(N)=O)cc3c2)cc1OC. The zero-order valence-electron chi connectivity index (χ0n) is 14.9. The molecule has 0 bridgehead atoms. The van der Waals surface area contributed by atoms with Crippen LogP contribution in [-0.4, -0.2) is 35.6 Å². The standard InChI is InChI=1S/C18H18N2O5S2/c1-20(12-4-7-16-11(8-12)9-17(26-16)18(19)21)27(22,23)13-5-6-14(24-2)15(10-13)25-3/h4-10H,1-3H3,(H2,19,21). The number of anilines is 1. The predicted octanol–water partition coefficient (Wildman–Crippen LogP) is 2.84. The minimum atomic E-state index is -3.82. The summed E-state index contributed by atoms with van der Waals surface area (Å²) in [6, 6.07) is 11.2. The number of sulfonamides is 1. The molecular weight excluding hydrogens is 388 g/mol. The van der Waals surface area contributed by atoms with Gasteiger partial charge in [-0.3, -0.25) is 9.10 Å². The predicted molar refractivity (Wildman–Crippen MR) is 105 cm³/mol. The van der Waals surface area contributed by atoms with Gasteiger partial charge in [-0.1, -0.05) is 0 Å². The molecule has 1 amide bonds. The van der Waals surface area contributed by atoms with Crippen LogP contribution in [0.1, 0.15) is 9.67 Å². The third-order valence-electron chi connectivity index (χ3n) is 4.12. The highest BCUT2D eigenvalue weighted by Crippen LogP contribution is 2.33. The van der Waals surface area contributed by atoms with Gasteiger partial charge in [0.15, 0.2) is 11.5 Å². The number of nitrogens with two attached hydrogens (primary N) is 1. The fourth-order valence-corrected chi connectivity index (χ4v) is 4.72. The summed E-state index contributed by atoms with van der Waals surface area (Å²) >= 11 is 1.27. The van der Waals surface area contributed by atoms with Gasteiger partial charge in [0.05, 0.1) is 29.7 Å². The number of benzene rings is 2. The molecule has 3 rings (SSSR count). The van der Waals surface area contributed by atoms with Crippen LogP contribution in [-0.2, 0) is 10.0 Å². The van der Waals surface area contributed by atoms with Crippen LogP contribution < -0.4 is 19.5 Å². The van der Waals surface area contributed by atoms with Crippen LogP contribution in [0.4, 0.5) is 5.69 Å². The van der Waals surface area contributed by atoms with Crippen LogP contribution in [0.3, 0.4) is 0 Å². The Bertz CT molecular complexity index is 1120. The first-order valence-electron chi connectivity index (χ1n) is 7.82. The Morgan fingerprint density at radius 1 is 1.04 bits per heavy atom. The maximum Gasteiger partial charge on any atom is 0.264 e. The number of rotatable bonds is 6. The van der Waals surface area contributed by atoms with E-state index in [0.717, 1.165) is 10.1 Å². The molecule has 0 fully saturated rings. The molecule has 1 aromatic heterocycles. The van der Waals surface area contributed by atoms with E-state index in [0.29, 0.717) is 22.1 Å². The van der Waals surface area contributed by atoms with Crippen LogP contribution in [0.2, 0.25) is 0 Å². The van der Waals surface area contributed by atoms with Crippen molar-refractivity contribution in [3.8, 4) is 11.5 Å². The van der Waals surface area contributed by atoms with E-state index in [1.807, 2.05) is 0 Å². The molecule has 0 aliphatic heterocycles. The molecule has 0 unspecified atom stereocenters. The van der Waals surface area contributed by atoms with Gasteiger partial charge < -0.3 is 15.2 Å². The highest BCUT2D eigenvalue weighted by atomic mass is 32.2. The summed E-state index contributed by atoms with van der Waals surface area (Å²) in [4.78, 5) is 11.8. The quantitative estimate of drug-likeness (QED) is 0.679. The minimum Gasteiger partial charge on any atom is -0.493 e. The number of carbonyl (C=O) groups is 1. The van der Waals surface area contributed by atoms with E-state index >= 15 is 0 Å². The van der Waals surface area contributed by atoms with Crippen molar-refractivity contribution in [1.82, 2.24) is 0 Å². The summed E-state index contributed by atoms with van der Waals surface area (Å²) in [5.41, 5.74) is 5.78. The van der Waals surface area contributed by atoms with Crippen LogP contribution in [0, 0.1) is 0 Å². The Hall–Kier alpha value is -2.78. The summed E-state index contributed by atoms with van der Waals surface area (Å²) in [7, 11) is 0.573. The summed E-state index contributed by atoms with van der Waals surface area (Å²) in [6.07, 6.45) is 0. The van der Waals surface area contributed by atoms with Crippen LogP contribution >= 0.6 is 11.3 Å².